The highest BCUT2D eigenvalue weighted by atomic mass is 16.4. The Labute approximate surface area is 205 Å². The second kappa shape index (κ2) is 15.0. The Morgan fingerprint density at radius 1 is 0.917 bits per heavy atom. The van der Waals surface area contributed by atoms with E-state index in [4.69, 9.17) is 22.3 Å². The molecule has 1 heterocycles. The topological polar surface area (TPSA) is 286 Å². The molecule has 1 rings (SSSR count). The predicted octanol–water partition coefficient (Wildman–Crippen LogP) is -3.70. The van der Waals surface area contributed by atoms with Crippen LogP contribution in [0.25, 0.3) is 0 Å². The number of aliphatic carboxylic acids is 2. The average molecular weight is 513 g/mol. The van der Waals surface area contributed by atoms with E-state index < -0.39 is 72.6 Å². The van der Waals surface area contributed by atoms with Crippen LogP contribution in [0.3, 0.4) is 0 Å². The number of nitrogens with one attached hydrogen (secondary N) is 4. The summed E-state index contributed by atoms with van der Waals surface area (Å²) in [7, 11) is 0. The van der Waals surface area contributed by atoms with Crippen molar-refractivity contribution in [3.8, 4) is 0 Å². The lowest BCUT2D eigenvalue weighted by Crippen LogP contribution is -2.58. The molecule has 1 aromatic rings. The quantitative estimate of drug-likeness (QED) is 0.0915. The van der Waals surface area contributed by atoms with Crippen LogP contribution in [0.15, 0.2) is 12.5 Å². The Morgan fingerprint density at radius 3 is 2.06 bits per heavy atom. The maximum absolute atomic E-state index is 13.1. The summed E-state index contributed by atoms with van der Waals surface area (Å²) in [6.07, 6.45) is 2.29. The zero-order chi connectivity index (χ0) is 27.3. The maximum atomic E-state index is 13.1. The lowest BCUT2D eigenvalue weighted by Gasteiger charge is -2.25. The molecule has 0 fully saturated rings. The number of carbonyl (C=O) groups excluding carboxylic acids is 4. The molecule has 36 heavy (non-hydrogen) atoms. The molecule has 16 heteroatoms. The summed E-state index contributed by atoms with van der Waals surface area (Å²) in [6, 6.07) is -5.58. The van der Waals surface area contributed by atoms with Gasteiger partial charge in [0.2, 0.25) is 23.6 Å². The highest BCUT2D eigenvalue weighted by Gasteiger charge is 2.31. The SMILES string of the molecule is NCCCCC(NC(=O)C(N)CC(N)=O)C(=O)NC(Cc1cnc[nH]1)C(=O)NC(CC(=O)O)C(=O)O. The van der Waals surface area contributed by atoms with Gasteiger partial charge in [0.1, 0.15) is 18.1 Å². The molecule has 12 N–H and O–H groups in total. The number of rotatable bonds is 17. The molecule has 0 spiro atoms. The van der Waals surface area contributed by atoms with Crippen molar-refractivity contribution in [3.63, 3.8) is 0 Å². The molecule has 0 aromatic carbocycles. The van der Waals surface area contributed by atoms with Gasteiger partial charge in [0.05, 0.1) is 25.2 Å². The summed E-state index contributed by atoms with van der Waals surface area (Å²) >= 11 is 0. The fourth-order valence-corrected chi connectivity index (χ4v) is 3.09. The van der Waals surface area contributed by atoms with Gasteiger partial charge in [-0.25, -0.2) is 9.78 Å². The second-order valence-corrected chi connectivity index (χ2v) is 7.96. The van der Waals surface area contributed by atoms with E-state index in [1.165, 1.54) is 12.5 Å². The number of aromatic amines is 1. The van der Waals surface area contributed by atoms with Gasteiger partial charge in [-0.3, -0.25) is 24.0 Å². The van der Waals surface area contributed by atoms with Gasteiger partial charge in [-0.1, -0.05) is 0 Å². The van der Waals surface area contributed by atoms with Crippen LogP contribution in [0.4, 0.5) is 0 Å². The summed E-state index contributed by atoms with van der Waals surface area (Å²) in [6.45, 7) is 0.328. The lowest BCUT2D eigenvalue weighted by atomic mass is 10.0. The van der Waals surface area contributed by atoms with Gasteiger partial charge in [0, 0.05) is 18.3 Å². The number of unbranched alkanes of at least 4 members (excludes halogenated alkanes) is 1. The summed E-state index contributed by atoms with van der Waals surface area (Å²) in [5, 5.41) is 25.1. The van der Waals surface area contributed by atoms with Gasteiger partial charge in [0.25, 0.3) is 0 Å². The van der Waals surface area contributed by atoms with Crippen molar-refractivity contribution < 1.29 is 39.0 Å². The molecule has 4 amide bonds. The van der Waals surface area contributed by atoms with Crippen LogP contribution in [-0.4, -0.2) is 86.5 Å². The van der Waals surface area contributed by atoms with Crippen molar-refractivity contribution in [2.75, 3.05) is 6.54 Å². The molecule has 0 bridgehead atoms. The first-order valence-corrected chi connectivity index (χ1v) is 11.0. The molecule has 1 aromatic heterocycles. The fraction of sp³-hybridized carbons (Fsp3) is 0.550. The minimum Gasteiger partial charge on any atom is -0.481 e. The van der Waals surface area contributed by atoms with Crippen LogP contribution in [0.2, 0.25) is 0 Å². The number of hydrogen-bond acceptors (Lipinski definition) is 9. The van der Waals surface area contributed by atoms with E-state index in [2.05, 4.69) is 25.9 Å². The smallest absolute Gasteiger partial charge is 0.326 e. The molecule has 0 aliphatic rings. The van der Waals surface area contributed by atoms with Gasteiger partial charge < -0.3 is 48.3 Å². The Balaban J connectivity index is 3.07. The second-order valence-electron chi connectivity index (χ2n) is 7.96. The first kappa shape index (κ1) is 30.0. The van der Waals surface area contributed by atoms with E-state index >= 15 is 0 Å². The zero-order valence-electron chi connectivity index (χ0n) is 19.4. The number of nitrogens with two attached hydrogens (primary N) is 3. The molecule has 0 radical (unpaired) electrons. The molecule has 0 aliphatic carbocycles. The van der Waals surface area contributed by atoms with Gasteiger partial charge in [-0.05, 0) is 25.8 Å². The number of carboxylic acids is 2. The van der Waals surface area contributed by atoms with Crippen LogP contribution in [0.1, 0.15) is 37.8 Å². The lowest BCUT2D eigenvalue weighted by molar-refractivity contribution is -0.147. The predicted molar refractivity (Wildman–Crippen MR) is 123 cm³/mol. The van der Waals surface area contributed by atoms with Crippen LogP contribution >= 0.6 is 0 Å². The van der Waals surface area contributed by atoms with Gasteiger partial charge in [0.15, 0.2) is 0 Å². The van der Waals surface area contributed by atoms with Crippen molar-refractivity contribution in [3.05, 3.63) is 18.2 Å². The normalized spacial score (nSPS) is 14.1. The minimum absolute atomic E-state index is 0.118. The number of primary amides is 1. The van der Waals surface area contributed by atoms with Crippen molar-refractivity contribution in [2.24, 2.45) is 17.2 Å². The summed E-state index contributed by atoms with van der Waals surface area (Å²) in [5.74, 6) is -6.42. The number of carboxylic acid groups (broad SMARTS) is 2. The van der Waals surface area contributed by atoms with Gasteiger partial charge in [-0.2, -0.15) is 0 Å². The van der Waals surface area contributed by atoms with Gasteiger partial charge in [-0.15, -0.1) is 0 Å². The third kappa shape index (κ3) is 10.9. The van der Waals surface area contributed by atoms with Crippen LogP contribution in [0, 0.1) is 0 Å². The van der Waals surface area contributed by atoms with E-state index in [9.17, 15) is 33.9 Å². The molecular formula is C20H32N8O8. The van der Waals surface area contributed by atoms with Crippen molar-refractivity contribution in [1.82, 2.24) is 25.9 Å². The van der Waals surface area contributed by atoms with E-state index in [0.717, 1.165) is 0 Å². The van der Waals surface area contributed by atoms with E-state index in [0.29, 0.717) is 25.1 Å². The molecule has 0 saturated heterocycles. The minimum atomic E-state index is -1.75. The number of aromatic nitrogens is 2. The number of carbonyl (C=O) groups is 6. The first-order valence-electron chi connectivity index (χ1n) is 11.0. The average Bonchev–Trinajstić information content (AvgIpc) is 3.29. The van der Waals surface area contributed by atoms with Crippen molar-refractivity contribution in [1.29, 1.82) is 0 Å². The molecule has 0 aliphatic heterocycles. The third-order valence-electron chi connectivity index (χ3n) is 4.94. The van der Waals surface area contributed by atoms with Crippen LogP contribution in [0.5, 0.6) is 0 Å². The first-order chi connectivity index (χ1) is 16.9. The van der Waals surface area contributed by atoms with E-state index in [1.54, 1.807) is 0 Å². The van der Waals surface area contributed by atoms with Crippen molar-refractivity contribution >= 4 is 35.6 Å². The summed E-state index contributed by atoms with van der Waals surface area (Å²) in [5.41, 5.74) is 16.6. The summed E-state index contributed by atoms with van der Waals surface area (Å²) < 4.78 is 0. The standard InChI is InChI=1S/C20H32N8O8/c21-4-2-1-3-12(26-17(32)11(22)6-15(23)29)18(33)27-13(5-10-8-24-9-25-10)19(34)28-14(20(35)36)7-16(30)31/h8-9,11-14H,1-7,21-22H2,(H2,23,29)(H,24,25)(H,26,32)(H,27,33)(H,28,34)(H,30,31)(H,35,36). The molecule has 16 nitrogen and oxygen atoms in total. The maximum Gasteiger partial charge on any atom is 0.326 e. The summed E-state index contributed by atoms with van der Waals surface area (Å²) in [4.78, 5) is 78.2. The number of nitrogens with zero attached hydrogens (tertiary/aromatic N) is 1. The number of imidazole rings is 1. The molecule has 200 valence electrons. The number of H-pyrrole nitrogens is 1. The third-order valence-corrected chi connectivity index (χ3v) is 4.94. The van der Waals surface area contributed by atoms with E-state index in [1.807, 2.05) is 0 Å². The molecule has 4 atom stereocenters. The van der Waals surface area contributed by atoms with Gasteiger partial charge >= 0.3 is 11.9 Å². The highest BCUT2D eigenvalue weighted by Crippen LogP contribution is 2.06. The van der Waals surface area contributed by atoms with Crippen LogP contribution in [-0.2, 0) is 35.2 Å². The molecule has 0 saturated carbocycles. The Kier molecular flexibility index (Phi) is 12.5. The molecule has 4 unspecified atom stereocenters. The zero-order valence-corrected chi connectivity index (χ0v) is 19.4. The van der Waals surface area contributed by atoms with Crippen molar-refractivity contribution in [2.45, 2.75) is 62.7 Å². The number of hydrogen-bond donors (Lipinski definition) is 9. The Bertz CT molecular complexity index is 923. The van der Waals surface area contributed by atoms with Crippen LogP contribution < -0.4 is 33.2 Å². The Morgan fingerprint density at radius 2 is 1.53 bits per heavy atom. The fourth-order valence-electron chi connectivity index (χ4n) is 3.09. The Hall–Kier alpha value is -4.05. The number of amides is 4. The highest BCUT2D eigenvalue weighted by molar-refractivity contribution is 5.95. The van der Waals surface area contributed by atoms with E-state index in [-0.39, 0.29) is 12.8 Å². The molecular weight excluding hydrogens is 480 g/mol. The monoisotopic (exact) mass is 512 g/mol. The largest absolute Gasteiger partial charge is 0.481 e.